The molecule has 0 bridgehead atoms. The van der Waals surface area contributed by atoms with Gasteiger partial charge in [0.25, 0.3) is 17.7 Å². The highest BCUT2D eigenvalue weighted by Gasteiger charge is 2.42. The minimum Gasteiger partial charge on any atom is -0.508 e. The molecule has 0 radical (unpaired) electrons. The number of hydrogen-bond donors (Lipinski definition) is 17. The maximum absolute atomic E-state index is 14.0. The highest BCUT2D eigenvalue weighted by molar-refractivity contribution is 6.09. The lowest BCUT2D eigenvalue weighted by Crippen LogP contribution is -2.66. The smallest absolute Gasteiger partial charge is 0.326 e. The Morgan fingerprint density at radius 1 is 0.765 bits per heavy atom. The summed E-state index contributed by atoms with van der Waals surface area (Å²) < 4.78 is 0. The van der Waals surface area contributed by atoms with Crippen LogP contribution in [0.15, 0.2) is 35.9 Å². The third-order valence-corrected chi connectivity index (χ3v) is 10.1. The molecule has 1 aromatic rings. The number of carbonyl (C=O) groups excluding carboxylic acids is 10. The quantitative estimate of drug-likeness (QED) is 0.0608. The number of carboxylic acid groups (broad SMARTS) is 1. The van der Waals surface area contributed by atoms with Crippen LogP contribution in [-0.4, -0.2) is 187 Å². The van der Waals surface area contributed by atoms with E-state index in [-0.39, 0.29) is 16.9 Å². The van der Waals surface area contributed by atoms with Crippen molar-refractivity contribution in [2.45, 2.75) is 108 Å². The Morgan fingerprint density at radius 2 is 1.31 bits per heavy atom. The third kappa shape index (κ3) is 16.6. The van der Waals surface area contributed by atoms with Crippen molar-refractivity contribution in [1.82, 2.24) is 47.9 Å². The number of allylic oxidation sites excluding steroid dienone is 1. The van der Waals surface area contributed by atoms with Crippen molar-refractivity contribution in [2.75, 3.05) is 19.7 Å². The van der Waals surface area contributed by atoms with Gasteiger partial charge in [-0.1, -0.05) is 32.1 Å². The fraction of sp³-hybridized carbons (Fsp3) is 0.525. The van der Waals surface area contributed by atoms with Gasteiger partial charge in [-0.3, -0.25) is 47.9 Å². The van der Waals surface area contributed by atoms with Gasteiger partial charge in [0.05, 0.1) is 19.3 Å². The first-order valence-corrected chi connectivity index (χ1v) is 20.7. The molecule has 1 aromatic carbocycles. The molecule has 28 heteroatoms. The van der Waals surface area contributed by atoms with Crippen LogP contribution in [0.4, 0.5) is 0 Å². The number of aliphatic carboxylic acids is 1. The van der Waals surface area contributed by atoms with Crippen LogP contribution in [0.2, 0.25) is 0 Å². The third-order valence-electron chi connectivity index (χ3n) is 10.1. The minimum atomic E-state index is -2.56. The fourth-order valence-corrected chi connectivity index (χ4v) is 5.94. The zero-order valence-electron chi connectivity index (χ0n) is 37.3. The Morgan fingerprint density at radius 3 is 1.84 bits per heavy atom. The number of amides is 10. The molecule has 1 aliphatic rings. The van der Waals surface area contributed by atoms with E-state index in [1.807, 2.05) is 26.6 Å². The predicted octanol–water partition coefficient (Wildman–Crippen LogP) is -8.78. The Kier molecular flexibility index (Phi) is 21.9. The number of nitrogens with one attached hydrogen (secondary N) is 9. The van der Waals surface area contributed by atoms with Crippen molar-refractivity contribution < 1.29 is 88.5 Å². The number of phenolic OH excluding ortho intramolecular Hbond substituents is 1. The summed E-state index contributed by atoms with van der Waals surface area (Å²) in [6, 6.07) is -9.55. The zero-order chi connectivity index (χ0) is 51.7. The van der Waals surface area contributed by atoms with Crippen LogP contribution < -0.4 is 53.6 Å². The molecule has 10 amide bonds. The van der Waals surface area contributed by atoms with E-state index in [4.69, 9.17) is 5.73 Å². The van der Waals surface area contributed by atoms with E-state index in [1.165, 1.54) is 58.0 Å². The number of carboxylic acids is 1. The van der Waals surface area contributed by atoms with Gasteiger partial charge in [-0.25, -0.2) is 4.79 Å². The minimum absolute atomic E-state index is 0.107. The van der Waals surface area contributed by atoms with E-state index in [9.17, 15) is 88.5 Å². The number of aliphatic hydroxyl groups excluding tert-OH is 5. The Balaban J connectivity index is 2.78. The van der Waals surface area contributed by atoms with Gasteiger partial charge >= 0.3 is 5.97 Å². The topological polar surface area (TPSA) is 464 Å². The van der Waals surface area contributed by atoms with E-state index in [1.54, 1.807) is 0 Å². The van der Waals surface area contributed by atoms with Crippen molar-refractivity contribution in [1.29, 1.82) is 0 Å². The lowest BCUT2D eigenvalue weighted by atomic mass is 9.99. The fourth-order valence-electron chi connectivity index (χ4n) is 5.94. The summed E-state index contributed by atoms with van der Waals surface area (Å²) in [5, 5.41) is 90.8. The Hall–Kier alpha value is -7.27. The highest BCUT2D eigenvalue weighted by atomic mass is 16.4. The van der Waals surface area contributed by atoms with Gasteiger partial charge in [-0.2, -0.15) is 0 Å². The van der Waals surface area contributed by atoms with Gasteiger partial charge in [0.2, 0.25) is 41.4 Å². The molecule has 2 rings (SSSR count). The molecule has 376 valence electrons. The van der Waals surface area contributed by atoms with E-state index in [0.29, 0.717) is 0 Å². The van der Waals surface area contributed by atoms with Crippen LogP contribution in [0.1, 0.15) is 40.2 Å². The molecule has 28 nitrogen and oxygen atoms in total. The molecular formula is C40H58N10O18. The second kappa shape index (κ2) is 26.2. The van der Waals surface area contributed by atoms with Crippen LogP contribution in [-0.2, 0) is 59.2 Å². The van der Waals surface area contributed by atoms with Gasteiger partial charge < -0.3 is 89.3 Å². The van der Waals surface area contributed by atoms with E-state index >= 15 is 0 Å². The van der Waals surface area contributed by atoms with Crippen molar-refractivity contribution in [2.24, 2.45) is 11.7 Å². The monoisotopic (exact) mass is 966 g/mol. The molecule has 11 atom stereocenters. The summed E-state index contributed by atoms with van der Waals surface area (Å²) in [7, 11) is 0. The second-order valence-corrected chi connectivity index (χ2v) is 15.7. The summed E-state index contributed by atoms with van der Waals surface area (Å²) in [4.78, 5) is 146. The first kappa shape index (κ1) is 56.9. The standard InChI is InChI=1S/C40H58N10O18/c1-6-16(4)31(58)42-12-21-32(59)46-22(14-51)33(60)47-24(15(2)3)36(63)49-26(28(55)29(56)30(41)57)37(64)48-25(17(5)52)35(62)43-13-23(54)34(61)50-27(39(66)45-21)38(65)44-20(40(67)68)11-18-7-9-19(53)10-8-18/h6-10,15,17,20-29,51-56H,11-14H2,1-5H3,(H2,41,57)(H,42,58)(H,43,62)(H,44,65)(H,45,66)(H,46,59)(H,47,60)(H,48,64)(H,49,63)(H,50,61)(H,67,68)/b16-6-/t17-,20?,21+,22+,23+,24+,25+,26?,27?,28?,29?/m1/s1. The number of nitrogens with two attached hydrogens (primary N) is 1. The highest BCUT2D eigenvalue weighted by Crippen LogP contribution is 2.12. The van der Waals surface area contributed by atoms with Crippen molar-refractivity contribution in [3.8, 4) is 5.75 Å². The van der Waals surface area contributed by atoms with Gasteiger partial charge in [0, 0.05) is 18.5 Å². The van der Waals surface area contributed by atoms with Crippen molar-refractivity contribution in [3.05, 3.63) is 41.5 Å². The normalized spacial score (nSPS) is 24.8. The van der Waals surface area contributed by atoms with Crippen molar-refractivity contribution >= 4 is 65.0 Å². The lowest BCUT2D eigenvalue weighted by molar-refractivity contribution is -0.145. The first-order chi connectivity index (χ1) is 31.7. The number of aliphatic hydroxyl groups is 5. The molecule has 5 unspecified atom stereocenters. The maximum Gasteiger partial charge on any atom is 0.326 e. The Labute approximate surface area is 387 Å². The molecule has 1 aliphatic heterocycles. The number of carbonyl (C=O) groups is 11. The van der Waals surface area contributed by atoms with Crippen LogP contribution in [0.25, 0.3) is 0 Å². The average Bonchev–Trinajstić information content (AvgIpc) is 3.28. The summed E-state index contributed by atoms with van der Waals surface area (Å²) in [6.45, 7) is 3.41. The number of primary amides is 1. The van der Waals surface area contributed by atoms with Crippen LogP contribution in [0, 0.1) is 5.92 Å². The molecule has 0 saturated carbocycles. The molecule has 68 heavy (non-hydrogen) atoms. The number of benzene rings is 1. The molecule has 18 N–H and O–H groups in total. The summed E-state index contributed by atoms with van der Waals surface area (Å²) in [5.41, 5.74) is 5.45. The van der Waals surface area contributed by atoms with Crippen molar-refractivity contribution in [3.63, 3.8) is 0 Å². The molecule has 1 heterocycles. The van der Waals surface area contributed by atoms with E-state index < -0.39 is 164 Å². The molecule has 1 fully saturated rings. The van der Waals surface area contributed by atoms with E-state index in [0.717, 1.165) is 6.92 Å². The second-order valence-electron chi connectivity index (χ2n) is 15.7. The SMILES string of the molecule is C/C=C(/C)C(=O)NC[C@@H]1NC(=O)C(C(=O)NC(Cc2ccc(O)cc2)C(=O)O)NC(=O)[C@@H](O)CNC(=O)[C@H]([C@@H](C)O)NC(=O)C(C(O)C(O)C(N)=O)NC(=O)[C@H](C(C)C)NC(=O)[C@H](CO)NC1=O. The lowest BCUT2D eigenvalue weighted by Gasteiger charge is -2.31. The van der Waals surface area contributed by atoms with Crippen LogP contribution in [0.3, 0.4) is 0 Å². The molecule has 0 aromatic heterocycles. The van der Waals surface area contributed by atoms with E-state index in [2.05, 4.69) is 21.3 Å². The summed E-state index contributed by atoms with van der Waals surface area (Å²) in [5.74, 6) is -16.9. The van der Waals surface area contributed by atoms with Gasteiger partial charge in [-0.05, 0) is 44.4 Å². The number of rotatable bonds is 14. The average molecular weight is 967 g/mol. The number of phenols is 1. The molecule has 0 aliphatic carbocycles. The number of aromatic hydroxyl groups is 1. The predicted molar refractivity (Wildman–Crippen MR) is 229 cm³/mol. The van der Waals surface area contributed by atoms with Crippen LogP contribution >= 0.6 is 0 Å². The number of hydrogen-bond acceptors (Lipinski definition) is 17. The summed E-state index contributed by atoms with van der Waals surface area (Å²) in [6.07, 6.45) is -8.46. The Bertz CT molecular complexity index is 2080. The zero-order valence-corrected chi connectivity index (χ0v) is 37.3. The maximum atomic E-state index is 14.0. The van der Waals surface area contributed by atoms with Gasteiger partial charge in [-0.15, -0.1) is 0 Å². The first-order valence-electron chi connectivity index (χ1n) is 20.7. The van der Waals surface area contributed by atoms with Crippen LogP contribution in [0.5, 0.6) is 5.75 Å². The number of β-amino-alcohol motifs (C(OH)–C–C–N with tert-alkyl or cyclic N) is 1. The molecule has 1 saturated heterocycles. The molecular weight excluding hydrogens is 908 g/mol. The van der Waals surface area contributed by atoms with Gasteiger partial charge in [0.1, 0.15) is 54.2 Å². The largest absolute Gasteiger partial charge is 0.508 e. The molecule has 0 spiro atoms. The summed E-state index contributed by atoms with van der Waals surface area (Å²) >= 11 is 0. The van der Waals surface area contributed by atoms with Gasteiger partial charge in [0.15, 0.2) is 12.1 Å².